The maximum atomic E-state index is 13.3. The lowest BCUT2D eigenvalue weighted by Gasteiger charge is -2.27. The molecule has 1 aromatic carbocycles. The second-order valence-corrected chi connectivity index (χ2v) is 6.97. The summed E-state index contributed by atoms with van der Waals surface area (Å²) in [5.41, 5.74) is 11.1. The maximum Gasteiger partial charge on any atom is 0.177 e. The Kier molecular flexibility index (Phi) is 5.15. The van der Waals surface area contributed by atoms with Crippen LogP contribution in [0, 0.1) is 6.92 Å². The summed E-state index contributed by atoms with van der Waals surface area (Å²) < 4.78 is 20.4. The minimum atomic E-state index is -0.508. The fourth-order valence-corrected chi connectivity index (χ4v) is 3.62. The van der Waals surface area contributed by atoms with Crippen LogP contribution >= 0.6 is 0 Å². The second-order valence-electron chi connectivity index (χ2n) is 6.97. The number of anilines is 2. The first kappa shape index (κ1) is 18.6. The minimum Gasteiger partial charge on any atom is -0.396 e. The summed E-state index contributed by atoms with van der Waals surface area (Å²) in [5.74, 6) is 0.755. The van der Waals surface area contributed by atoms with Crippen molar-refractivity contribution in [3.63, 3.8) is 0 Å². The number of halogens is 1. The molecule has 1 fully saturated rings. The summed E-state index contributed by atoms with van der Waals surface area (Å²) in [6, 6.07) is 7.41. The van der Waals surface area contributed by atoms with E-state index in [1.54, 1.807) is 10.6 Å². The number of rotatable bonds is 5. The van der Waals surface area contributed by atoms with Crippen LogP contribution in [0.15, 0.2) is 24.3 Å². The highest BCUT2D eigenvalue weighted by molar-refractivity contribution is 5.69. The zero-order chi connectivity index (χ0) is 19.7. The number of fused-ring (bicyclic) bond motifs is 1. The Hall–Kier alpha value is -2.71. The zero-order valence-electron chi connectivity index (χ0n) is 15.9. The van der Waals surface area contributed by atoms with Crippen molar-refractivity contribution in [1.82, 2.24) is 14.6 Å². The van der Waals surface area contributed by atoms with E-state index in [0.717, 1.165) is 35.7 Å². The molecule has 0 spiro atoms. The van der Waals surface area contributed by atoms with E-state index in [2.05, 4.69) is 9.88 Å². The molecule has 2 aromatic heterocycles. The van der Waals surface area contributed by atoms with Crippen LogP contribution in [-0.2, 0) is 24.4 Å². The van der Waals surface area contributed by atoms with E-state index in [0.29, 0.717) is 42.2 Å². The third kappa shape index (κ3) is 3.29. The number of ether oxygens (including phenoxy) is 1. The molecule has 0 atom stereocenters. The third-order valence-electron chi connectivity index (χ3n) is 5.32. The summed E-state index contributed by atoms with van der Waals surface area (Å²) in [4.78, 5) is 6.62. The predicted octanol–water partition coefficient (Wildman–Crippen LogP) is 2.01. The Bertz CT molecular complexity index is 998. The molecule has 1 aliphatic heterocycles. The molecule has 3 heterocycles. The maximum absolute atomic E-state index is 13.3. The van der Waals surface area contributed by atoms with Crippen LogP contribution in [0.3, 0.4) is 0 Å². The van der Waals surface area contributed by atoms with Gasteiger partial charge in [-0.1, -0.05) is 18.2 Å². The summed E-state index contributed by atoms with van der Waals surface area (Å²) in [6.07, 6.45) is 0.482. The number of aromatic nitrogens is 3. The number of imidazole rings is 1. The van der Waals surface area contributed by atoms with E-state index in [1.807, 2.05) is 25.1 Å². The number of morpholine rings is 1. The first-order chi connectivity index (χ1) is 13.6. The SMILES string of the molecule is Cc1c(CF)cccc1Cc1c(CO)nc2c(N)cc(N3CCOCC3)nn12. The smallest absolute Gasteiger partial charge is 0.177 e. The van der Waals surface area contributed by atoms with Gasteiger partial charge in [0.1, 0.15) is 6.67 Å². The van der Waals surface area contributed by atoms with Gasteiger partial charge in [0, 0.05) is 25.6 Å². The largest absolute Gasteiger partial charge is 0.396 e. The number of alkyl halides is 1. The summed E-state index contributed by atoms with van der Waals surface area (Å²) in [6.45, 7) is 3.96. The first-order valence-electron chi connectivity index (χ1n) is 9.36. The van der Waals surface area contributed by atoms with Crippen molar-refractivity contribution in [1.29, 1.82) is 0 Å². The number of hydrogen-bond donors (Lipinski definition) is 2. The van der Waals surface area contributed by atoms with Crippen LogP contribution in [0.2, 0.25) is 0 Å². The molecule has 0 saturated carbocycles. The number of nitrogens with two attached hydrogens (primary N) is 1. The van der Waals surface area contributed by atoms with Gasteiger partial charge >= 0.3 is 0 Å². The molecule has 28 heavy (non-hydrogen) atoms. The predicted molar refractivity (Wildman–Crippen MR) is 105 cm³/mol. The summed E-state index contributed by atoms with van der Waals surface area (Å²) in [7, 11) is 0. The van der Waals surface area contributed by atoms with Gasteiger partial charge in [-0.05, 0) is 23.6 Å². The highest BCUT2D eigenvalue weighted by Crippen LogP contribution is 2.26. The van der Waals surface area contributed by atoms with Crippen LogP contribution < -0.4 is 10.6 Å². The number of nitrogen functional groups attached to an aromatic ring is 1. The van der Waals surface area contributed by atoms with Crippen molar-refractivity contribution in [2.45, 2.75) is 26.6 Å². The molecule has 4 rings (SSSR count). The first-order valence-corrected chi connectivity index (χ1v) is 9.36. The van der Waals surface area contributed by atoms with Crippen LogP contribution in [0.25, 0.3) is 5.65 Å². The van der Waals surface area contributed by atoms with Gasteiger partial charge in [0.2, 0.25) is 0 Å². The molecular formula is C20H24FN5O2. The highest BCUT2D eigenvalue weighted by atomic mass is 19.1. The molecule has 0 unspecified atom stereocenters. The molecular weight excluding hydrogens is 361 g/mol. The fraction of sp³-hybridized carbons (Fsp3) is 0.400. The molecule has 0 bridgehead atoms. The summed E-state index contributed by atoms with van der Waals surface area (Å²) in [5, 5.41) is 14.6. The quantitative estimate of drug-likeness (QED) is 0.698. The molecule has 0 radical (unpaired) electrons. The monoisotopic (exact) mass is 385 g/mol. The molecule has 1 aliphatic rings. The van der Waals surface area contributed by atoms with Crippen LogP contribution in [0.5, 0.6) is 0 Å². The van der Waals surface area contributed by atoms with Crippen molar-refractivity contribution in [3.05, 3.63) is 52.3 Å². The number of hydrogen-bond acceptors (Lipinski definition) is 6. The molecule has 3 aromatic rings. The van der Waals surface area contributed by atoms with Gasteiger partial charge in [-0.15, -0.1) is 5.10 Å². The van der Waals surface area contributed by atoms with Crippen molar-refractivity contribution >= 4 is 17.2 Å². The average molecular weight is 385 g/mol. The van der Waals surface area contributed by atoms with Crippen molar-refractivity contribution in [2.24, 2.45) is 0 Å². The van der Waals surface area contributed by atoms with Crippen LogP contribution in [0.1, 0.15) is 28.1 Å². The molecule has 7 nitrogen and oxygen atoms in total. The Morgan fingerprint density at radius 1 is 1.25 bits per heavy atom. The van der Waals surface area contributed by atoms with Crippen LogP contribution in [0.4, 0.5) is 15.9 Å². The zero-order valence-corrected chi connectivity index (χ0v) is 15.9. The second kappa shape index (κ2) is 7.73. The van der Waals surface area contributed by atoms with E-state index in [-0.39, 0.29) is 6.61 Å². The van der Waals surface area contributed by atoms with E-state index in [9.17, 15) is 9.50 Å². The van der Waals surface area contributed by atoms with Gasteiger partial charge in [-0.25, -0.2) is 13.9 Å². The number of aliphatic hydroxyl groups is 1. The van der Waals surface area contributed by atoms with Gasteiger partial charge in [-0.3, -0.25) is 0 Å². The van der Waals surface area contributed by atoms with E-state index in [4.69, 9.17) is 15.6 Å². The number of benzene rings is 1. The Morgan fingerprint density at radius 2 is 2.00 bits per heavy atom. The molecule has 1 saturated heterocycles. The van der Waals surface area contributed by atoms with E-state index >= 15 is 0 Å². The Labute approximate surface area is 162 Å². The third-order valence-corrected chi connectivity index (χ3v) is 5.32. The van der Waals surface area contributed by atoms with Gasteiger partial charge < -0.3 is 20.5 Å². The Balaban J connectivity index is 1.81. The number of nitrogens with zero attached hydrogens (tertiary/aromatic N) is 4. The lowest BCUT2D eigenvalue weighted by atomic mass is 9.99. The fourth-order valence-electron chi connectivity index (χ4n) is 3.62. The molecule has 0 amide bonds. The average Bonchev–Trinajstić information content (AvgIpc) is 3.08. The van der Waals surface area contributed by atoms with Gasteiger partial charge in [0.15, 0.2) is 11.5 Å². The molecule has 148 valence electrons. The standard InChI is InChI=1S/C20H24FN5O2/c1-13-14(3-2-4-15(13)11-21)9-18-17(12-27)23-20-16(22)10-19(24-26(18)20)25-5-7-28-8-6-25/h2-4,10,27H,5-9,11-12,22H2,1H3. The van der Waals surface area contributed by atoms with Crippen LogP contribution in [-0.4, -0.2) is 46.0 Å². The van der Waals surface area contributed by atoms with Gasteiger partial charge in [0.25, 0.3) is 0 Å². The van der Waals surface area contributed by atoms with E-state index < -0.39 is 6.67 Å². The lowest BCUT2D eigenvalue weighted by molar-refractivity contribution is 0.122. The topological polar surface area (TPSA) is 88.9 Å². The lowest BCUT2D eigenvalue weighted by Crippen LogP contribution is -2.37. The van der Waals surface area contributed by atoms with Crippen molar-refractivity contribution in [2.75, 3.05) is 36.9 Å². The van der Waals surface area contributed by atoms with Crippen molar-refractivity contribution in [3.8, 4) is 0 Å². The number of aliphatic hydroxyl groups excluding tert-OH is 1. The summed E-state index contributed by atoms with van der Waals surface area (Å²) >= 11 is 0. The Morgan fingerprint density at radius 3 is 2.71 bits per heavy atom. The van der Waals surface area contributed by atoms with Gasteiger partial charge in [-0.2, -0.15) is 0 Å². The van der Waals surface area contributed by atoms with Gasteiger partial charge in [0.05, 0.1) is 36.9 Å². The van der Waals surface area contributed by atoms with Crippen molar-refractivity contribution < 1.29 is 14.2 Å². The molecule has 0 aliphatic carbocycles. The molecule has 8 heteroatoms. The molecule has 3 N–H and O–H groups in total. The normalized spacial score (nSPS) is 14.8. The minimum absolute atomic E-state index is 0.215. The van der Waals surface area contributed by atoms with E-state index in [1.165, 1.54) is 0 Å². The highest BCUT2D eigenvalue weighted by Gasteiger charge is 2.20.